The van der Waals surface area contributed by atoms with Gasteiger partial charge in [0.2, 0.25) is 5.88 Å². The zero-order valence-corrected chi connectivity index (χ0v) is 17.2. The van der Waals surface area contributed by atoms with Crippen molar-refractivity contribution in [1.29, 1.82) is 0 Å². The summed E-state index contributed by atoms with van der Waals surface area (Å²) in [7, 11) is 0. The van der Waals surface area contributed by atoms with Crippen LogP contribution in [0.5, 0.6) is 11.6 Å². The van der Waals surface area contributed by atoms with Gasteiger partial charge in [-0.3, -0.25) is 0 Å². The highest BCUT2D eigenvalue weighted by Gasteiger charge is 2.14. The van der Waals surface area contributed by atoms with Crippen molar-refractivity contribution in [3.63, 3.8) is 0 Å². The summed E-state index contributed by atoms with van der Waals surface area (Å²) < 4.78 is 20.5. The quantitative estimate of drug-likeness (QED) is 0.412. The van der Waals surface area contributed by atoms with E-state index in [1.54, 1.807) is 60.9 Å². The first kappa shape index (κ1) is 20.9. The predicted molar refractivity (Wildman–Crippen MR) is 120 cm³/mol. The molecule has 0 saturated carbocycles. The van der Waals surface area contributed by atoms with E-state index in [-0.39, 0.29) is 17.3 Å². The van der Waals surface area contributed by atoms with Crippen LogP contribution in [0.2, 0.25) is 0 Å². The fourth-order valence-corrected chi connectivity index (χ4v) is 2.97. The summed E-state index contributed by atoms with van der Waals surface area (Å²) >= 11 is 0. The number of hydrogen-bond donors (Lipinski definition) is 2. The molecule has 2 aromatic heterocycles. The number of urea groups is 1. The molecule has 2 aromatic carbocycles. The number of amides is 2. The van der Waals surface area contributed by atoms with Crippen LogP contribution in [0.4, 0.5) is 20.6 Å². The van der Waals surface area contributed by atoms with Crippen LogP contribution in [-0.2, 0) is 6.42 Å². The van der Waals surface area contributed by atoms with E-state index < -0.39 is 11.8 Å². The van der Waals surface area contributed by atoms with Crippen LogP contribution in [0.15, 0.2) is 79.1 Å². The summed E-state index contributed by atoms with van der Waals surface area (Å²) in [5, 5.41) is 5.27. The van der Waals surface area contributed by atoms with Crippen molar-refractivity contribution in [3.8, 4) is 22.9 Å². The molecular formula is C24H20FN5O2. The number of para-hydroxylation sites is 1. The molecule has 160 valence electrons. The number of carbonyl (C=O) groups excluding carboxylic acids is 1. The Labute approximate surface area is 184 Å². The van der Waals surface area contributed by atoms with Crippen LogP contribution in [-0.4, -0.2) is 21.0 Å². The van der Waals surface area contributed by atoms with Gasteiger partial charge in [-0.05, 0) is 42.5 Å². The number of aryl methyl sites for hydroxylation is 1. The van der Waals surface area contributed by atoms with Crippen molar-refractivity contribution >= 4 is 17.4 Å². The van der Waals surface area contributed by atoms with Crippen molar-refractivity contribution in [2.24, 2.45) is 0 Å². The van der Waals surface area contributed by atoms with Crippen LogP contribution < -0.4 is 15.4 Å². The summed E-state index contributed by atoms with van der Waals surface area (Å²) in [4.78, 5) is 25.0. The third kappa shape index (κ3) is 5.04. The average molecular weight is 429 g/mol. The number of nitrogens with zero attached hydrogens (tertiary/aromatic N) is 3. The summed E-state index contributed by atoms with van der Waals surface area (Å²) in [6, 6.07) is 17.9. The fraction of sp³-hybridized carbons (Fsp3) is 0.0833. The van der Waals surface area contributed by atoms with Crippen molar-refractivity contribution in [2.75, 3.05) is 10.6 Å². The Morgan fingerprint density at radius 2 is 1.75 bits per heavy atom. The maximum atomic E-state index is 14.7. The molecule has 0 radical (unpaired) electrons. The minimum atomic E-state index is -0.643. The molecule has 0 aliphatic heterocycles. The van der Waals surface area contributed by atoms with Crippen LogP contribution in [0.25, 0.3) is 11.3 Å². The highest BCUT2D eigenvalue weighted by molar-refractivity contribution is 5.99. The summed E-state index contributed by atoms with van der Waals surface area (Å²) in [6.45, 7) is 1.96. The molecular weight excluding hydrogens is 409 g/mol. The van der Waals surface area contributed by atoms with E-state index in [9.17, 15) is 9.18 Å². The molecule has 0 atom stereocenters. The lowest BCUT2D eigenvalue weighted by molar-refractivity contribution is 0.262. The molecule has 8 heteroatoms. The maximum absolute atomic E-state index is 14.7. The van der Waals surface area contributed by atoms with Crippen molar-refractivity contribution in [3.05, 3.63) is 90.8 Å². The zero-order chi connectivity index (χ0) is 22.3. The topological polar surface area (TPSA) is 89.0 Å². The molecule has 0 aliphatic rings. The van der Waals surface area contributed by atoms with Gasteiger partial charge in [0.1, 0.15) is 5.82 Å². The minimum Gasteiger partial charge on any atom is -0.435 e. The van der Waals surface area contributed by atoms with Gasteiger partial charge in [0, 0.05) is 36.3 Å². The Kier molecular flexibility index (Phi) is 6.31. The van der Waals surface area contributed by atoms with Crippen molar-refractivity contribution < 1.29 is 13.9 Å². The number of rotatable bonds is 6. The highest BCUT2D eigenvalue weighted by Crippen LogP contribution is 2.32. The minimum absolute atomic E-state index is 0.0243. The molecule has 0 bridgehead atoms. The Morgan fingerprint density at radius 1 is 0.938 bits per heavy atom. The highest BCUT2D eigenvalue weighted by atomic mass is 19.1. The first-order chi connectivity index (χ1) is 15.6. The lowest BCUT2D eigenvalue weighted by atomic mass is 10.2. The summed E-state index contributed by atoms with van der Waals surface area (Å²) in [5.74, 6) is 0.238. The van der Waals surface area contributed by atoms with E-state index in [2.05, 4.69) is 25.6 Å². The van der Waals surface area contributed by atoms with E-state index in [0.717, 1.165) is 0 Å². The maximum Gasteiger partial charge on any atom is 0.323 e. The second kappa shape index (κ2) is 9.65. The van der Waals surface area contributed by atoms with E-state index in [4.69, 9.17) is 4.74 Å². The van der Waals surface area contributed by atoms with E-state index in [1.807, 2.05) is 13.0 Å². The Bertz CT molecular complexity index is 1230. The lowest BCUT2D eigenvalue weighted by Gasteiger charge is -2.12. The monoisotopic (exact) mass is 429 g/mol. The normalized spacial score (nSPS) is 10.4. The molecule has 2 amide bonds. The van der Waals surface area contributed by atoms with E-state index in [1.165, 1.54) is 12.1 Å². The van der Waals surface area contributed by atoms with Gasteiger partial charge in [-0.1, -0.05) is 25.1 Å². The number of anilines is 2. The second-order valence-corrected chi connectivity index (χ2v) is 6.76. The number of benzene rings is 2. The zero-order valence-electron chi connectivity index (χ0n) is 17.2. The van der Waals surface area contributed by atoms with Crippen molar-refractivity contribution in [1.82, 2.24) is 15.0 Å². The molecule has 32 heavy (non-hydrogen) atoms. The summed E-state index contributed by atoms with van der Waals surface area (Å²) in [6.07, 6.45) is 3.91. The molecule has 4 rings (SSSR count). The standard InChI is InChI=1S/C24H20FN5O2/c1-2-22-26-14-12-20(30-22)18-9-6-13-27-23(18)32-21-11-10-17(15-19(21)25)29-24(31)28-16-7-4-3-5-8-16/h3-15H,2H2,1H3,(H2,28,29,31). The largest absolute Gasteiger partial charge is 0.435 e. The number of hydrogen-bond acceptors (Lipinski definition) is 5. The average Bonchev–Trinajstić information content (AvgIpc) is 2.82. The van der Waals surface area contributed by atoms with E-state index in [0.29, 0.717) is 29.2 Å². The molecule has 7 nitrogen and oxygen atoms in total. The number of nitrogens with one attached hydrogen (secondary N) is 2. The SMILES string of the molecule is CCc1nccc(-c2cccnc2Oc2ccc(NC(=O)Nc3ccccc3)cc2F)n1. The number of pyridine rings is 1. The number of ether oxygens (including phenoxy) is 1. The Hall–Kier alpha value is -4.33. The van der Waals surface area contributed by atoms with Crippen LogP contribution in [0.3, 0.4) is 0 Å². The van der Waals surface area contributed by atoms with Gasteiger partial charge in [0.05, 0.1) is 11.3 Å². The molecule has 2 heterocycles. The molecule has 4 aromatic rings. The van der Waals surface area contributed by atoms with Crippen LogP contribution in [0.1, 0.15) is 12.7 Å². The van der Waals surface area contributed by atoms with E-state index >= 15 is 0 Å². The Morgan fingerprint density at radius 3 is 2.53 bits per heavy atom. The molecule has 0 unspecified atom stereocenters. The first-order valence-corrected chi connectivity index (χ1v) is 10.00. The van der Waals surface area contributed by atoms with Gasteiger partial charge >= 0.3 is 6.03 Å². The molecule has 0 spiro atoms. The van der Waals surface area contributed by atoms with Gasteiger partial charge in [0.15, 0.2) is 11.6 Å². The third-order valence-corrected chi connectivity index (χ3v) is 4.50. The molecule has 2 N–H and O–H groups in total. The predicted octanol–water partition coefficient (Wildman–Crippen LogP) is 5.68. The van der Waals surface area contributed by atoms with Gasteiger partial charge in [-0.2, -0.15) is 0 Å². The Balaban J connectivity index is 1.50. The fourth-order valence-electron chi connectivity index (χ4n) is 2.97. The second-order valence-electron chi connectivity index (χ2n) is 6.76. The number of halogens is 1. The first-order valence-electron chi connectivity index (χ1n) is 10.00. The number of aromatic nitrogens is 3. The smallest absolute Gasteiger partial charge is 0.323 e. The molecule has 0 aliphatic carbocycles. The van der Waals surface area contributed by atoms with Crippen LogP contribution in [0, 0.1) is 5.82 Å². The summed E-state index contributed by atoms with van der Waals surface area (Å²) in [5.41, 5.74) is 2.17. The van der Waals surface area contributed by atoms with Crippen LogP contribution >= 0.6 is 0 Å². The lowest BCUT2D eigenvalue weighted by Crippen LogP contribution is -2.19. The van der Waals surface area contributed by atoms with Gasteiger partial charge in [-0.15, -0.1) is 0 Å². The van der Waals surface area contributed by atoms with Gasteiger partial charge in [0.25, 0.3) is 0 Å². The molecule has 0 fully saturated rings. The van der Waals surface area contributed by atoms with Gasteiger partial charge < -0.3 is 15.4 Å². The third-order valence-electron chi connectivity index (χ3n) is 4.50. The molecule has 0 saturated heterocycles. The van der Waals surface area contributed by atoms with Crippen molar-refractivity contribution in [2.45, 2.75) is 13.3 Å². The van der Waals surface area contributed by atoms with Gasteiger partial charge in [-0.25, -0.2) is 24.1 Å². The number of carbonyl (C=O) groups is 1.